The third-order valence-corrected chi connectivity index (χ3v) is 1.94. The molecule has 1 N–H and O–H groups in total. The van der Waals surface area contributed by atoms with Gasteiger partial charge in [-0.25, -0.2) is 9.97 Å². The fourth-order valence-electron chi connectivity index (χ4n) is 1.22. The summed E-state index contributed by atoms with van der Waals surface area (Å²) in [4.78, 5) is 8.51. The van der Waals surface area contributed by atoms with Crippen molar-refractivity contribution in [1.29, 1.82) is 0 Å². The Hall–Kier alpha value is -0.432. The molecule has 0 saturated heterocycles. The second kappa shape index (κ2) is 13.7. The van der Waals surface area contributed by atoms with Gasteiger partial charge in [0.15, 0.2) is 0 Å². The molecular formula is C22H45N3W. The maximum Gasteiger partial charge on any atom is 2.00 e. The van der Waals surface area contributed by atoms with Crippen LogP contribution in [0.3, 0.4) is 0 Å². The van der Waals surface area contributed by atoms with Gasteiger partial charge in [0.25, 0.3) is 0 Å². The van der Waals surface area contributed by atoms with E-state index in [0.717, 1.165) is 11.5 Å². The minimum atomic E-state index is 0. The van der Waals surface area contributed by atoms with Gasteiger partial charge < -0.3 is 18.7 Å². The van der Waals surface area contributed by atoms with E-state index >= 15 is 0 Å². The standard InChI is InChI=1S/C12H21N3.C5H12.C4H9.CH3.W/c1-11(2,3)9-7-10(14-8-13-9)15-12(4,5)6;1-5(2,3)4;1-4(2)3;;/h7-8H,1-6H3,(H,13,14,15);1-4H3;1-3H3;1H3;/q;;2*-1;+2. The summed E-state index contributed by atoms with van der Waals surface area (Å²) in [5, 5.41) is 3.34. The van der Waals surface area contributed by atoms with Gasteiger partial charge in [-0.15, -0.1) is 0 Å². The molecular weight excluding hydrogens is 490 g/mol. The van der Waals surface area contributed by atoms with E-state index in [4.69, 9.17) is 0 Å². The third kappa shape index (κ3) is 28.4. The molecule has 0 aliphatic carbocycles. The summed E-state index contributed by atoms with van der Waals surface area (Å²) in [6.45, 7) is 27.8. The van der Waals surface area contributed by atoms with E-state index in [0.29, 0.717) is 5.41 Å². The first-order chi connectivity index (χ1) is 10.4. The van der Waals surface area contributed by atoms with Gasteiger partial charge in [-0.3, -0.25) is 0 Å². The Labute approximate surface area is 179 Å². The summed E-state index contributed by atoms with van der Waals surface area (Å²) >= 11 is 0. The van der Waals surface area contributed by atoms with Crippen molar-refractivity contribution < 1.29 is 21.1 Å². The average molecular weight is 535 g/mol. The molecule has 0 aliphatic heterocycles. The molecule has 4 heteroatoms. The van der Waals surface area contributed by atoms with E-state index in [-0.39, 0.29) is 39.4 Å². The molecule has 0 bridgehead atoms. The van der Waals surface area contributed by atoms with E-state index in [1.807, 2.05) is 6.07 Å². The Bertz CT molecular complexity index is 441. The molecule has 154 valence electrons. The normalized spacial score (nSPS) is 11.0. The van der Waals surface area contributed by atoms with Crippen molar-refractivity contribution in [1.82, 2.24) is 9.97 Å². The first kappa shape index (κ1) is 33.2. The average Bonchev–Trinajstić information content (AvgIpc) is 2.22. The van der Waals surface area contributed by atoms with Gasteiger partial charge in [0, 0.05) is 17.0 Å². The van der Waals surface area contributed by atoms with Crippen LogP contribution in [0.25, 0.3) is 0 Å². The monoisotopic (exact) mass is 535 g/mol. The number of anilines is 1. The van der Waals surface area contributed by atoms with Crippen LogP contribution in [-0.4, -0.2) is 15.5 Å². The number of hydrogen-bond acceptors (Lipinski definition) is 3. The van der Waals surface area contributed by atoms with Crippen LogP contribution in [0.4, 0.5) is 5.82 Å². The molecule has 0 amide bonds. The van der Waals surface area contributed by atoms with Gasteiger partial charge in [-0.05, 0) is 26.2 Å². The Balaban J connectivity index is -0.000000186. The van der Waals surface area contributed by atoms with Crippen LogP contribution in [0.5, 0.6) is 0 Å². The molecule has 0 aromatic carbocycles. The number of nitrogens with one attached hydrogen (secondary N) is 1. The molecule has 0 radical (unpaired) electrons. The Kier molecular flexibility index (Phi) is 17.5. The second-order valence-electron chi connectivity index (χ2n) is 10.4. The van der Waals surface area contributed by atoms with Crippen molar-refractivity contribution in [3.05, 3.63) is 31.4 Å². The fourth-order valence-corrected chi connectivity index (χ4v) is 1.22. The summed E-state index contributed by atoms with van der Waals surface area (Å²) in [6, 6.07) is 2.02. The van der Waals surface area contributed by atoms with Crippen LogP contribution in [-0.2, 0) is 26.5 Å². The Morgan fingerprint density at radius 3 is 1.42 bits per heavy atom. The zero-order chi connectivity index (χ0) is 19.8. The zero-order valence-electron chi connectivity index (χ0n) is 20.0. The van der Waals surface area contributed by atoms with E-state index in [2.05, 4.69) is 105 Å². The Morgan fingerprint density at radius 1 is 0.808 bits per heavy atom. The minimum Gasteiger partial charge on any atom is -0.365 e. The topological polar surface area (TPSA) is 37.8 Å². The molecule has 1 rings (SSSR count). The SMILES string of the molecule is CC(C)(C)C.CC(C)(C)Nc1cc(C(C)(C)C)ncn1.C[C-](C)C.[CH3-].[W+2]. The van der Waals surface area contributed by atoms with Crippen LogP contribution >= 0.6 is 0 Å². The number of rotatable bonds is 1. The van der Waals surface area contributed by atoms with E-state index in [9.17, 15) is 0 Å². The van der Waals surface area contributed by atoms with Crippen molar-refractivity contribution in [2.75, 3.05) is 5.32 Å². The third-order valence-electron chi connectivity index (χ3n) is 1.94. The molecule has 1 aromatic heterocycles. The van der Waals surface area contributed by atoms with Crippen molar-refractivity contribution in [3.63, 3.8) is 0 Å². The van der Waals surface area contributed by atoms with E-state index in [1.54, 1.807) is 6.33 Å². The smallest absolute Gasteiger partial charge is 0.365 e. The first-order valence-corrected chi connectivity index (χ1v) is 8.79. The van der Waals surface area contributed by atoms with Gasteiger partial charge in [0.05, 0.1) is 5.69 Å². The zero-order valence-corrected chi connectivity index (χ0v) is 22.9. The maximum atomic E-state index is 4.29. The van der Waals surface area contributed by atoms with Crippen LogP contribution < -0.4 is 5.32 Å². The molecule has 26 heavy (non-hydrogen) atoms. The quantitative estimate of drug-likeness (QED) is 0.390. The molecule has 3 nitrogen and oxygen atoms in total. The molecule has 0 fully saturated rings. The van der Waals surface area contributed by atoms with Gasteiger partial charge in [-0.2, -0.15) is 20.8 Å². The van der Waals surface area contributed by atoms with Crippen LogP contribution in [0.15, 0.2) is 12.4 Å². The minimum absolute atomic E-state index is 0. The summed E-state index contributed by atoms with van der Waals surface area (Å²) in [5.74, 6) is 2.31. The predicted molar refractivity (Wildman–Crippen MR) is 116 cm³/mol. The number of hydrogen-bond donors (Lipinski definition) is 1. The van der Waals surface area contributed by atoms with Gasteiger partial charge in [-0.1, -0.05) is 48.5 Å². The van der Waals surface area contributed by atoms with Crippen LogP contribution in [0, 0.1) is 18.8 Å². The van der Waals surface area contributed by atoms with E-state index in [1.165, 1.54) is 5.92 Å². The van der Waals surface area contributed by atoms with Crippen LogP contribution in [0.2, 0.25) is 0 Å². The largest absolute Gasteiger partial charge is 2.00 e. The molecule has 0 saturated carbocycles. The number of aromatic nitrogens is 2. The second-order valence-corrected chi connectivity index (χ2v) is 10.4. The summed E-state index contributed by atoms with van der Waals surface area (Å²) in [7, 11) is 0. The number of nitrogens with zero attached hydrogens (tertiary/aromatic N) is 2. The molecule has 0 unspecified atom stereocenters. The molecule has 0 atom stereocenters. The van der Waals surface area contributed by atoms with Crippen molar-refractivity contribution in [2.45, 2.75) is 101 Å². The van der Waals surface area contributed by atoms with Gasteiger partial charge >= 0.3 is 21.1 Å². The summed E-state index contributed by atoms with van der Waals surface area (Å²) in [5.41, 5.74) is 1.66. The summed E-state index contributed by atoms with van der Waals surface area (Å²) in [6.07, 6.45) is 1.62. The van der Waals surface area contributed by atoms with Crippen molar-refractivity contribution >= 4 is 5.82 Å². The molecule has 1 aromatic rings. The van der Waals surface area contributed by atoms with Crippen molar-refractivity contribution in [2.24, 2.45) is 5.41 Å². The van der Waals surface area contributed by atoms with Gasteiger partial charge in [0.1, 0.15) is 12.1 Å². The van der Waals surface area contributed by atoms with Crippen LogP contribution in [0.1, 0.15) is 95.7 Å². The molecule has 1 heterocycles. The first-order valence-electron chi connectivity index (χ1n) is 8.79. The molecule has 0 aliphatic rings. The fraction of sp³-hybridized carbons (Fsp3) is 0.727. The van der Waals surface area contributed by atoms with Crippen molar-refractivity contribution in [3.8, 4) is 0 Å². The molecule has 0 spiro atoms. The summed E-state index contributed by atoms with van der Waals surface area (Å²) < 4.78 is 0. The maximum absolute atomic E-state index is 4.29. The Morgan fingerprint density at radius 2 is 1.15 bits per heavy atom. The van der Waals surface area contributed by atoms with E-state index < -0.39 is 0 Å². The predicted octanol–water partition coefficient (Wildman–Crippen LogP) is 7.11. The van der Waals surface area contributed by atoms with Gasteiger partial charge in [0.2, 0.25) is 0 Å².